The number of alkyl halides is 3. The van der Waals surface area contributed by atoms with Crippen molar-refractivity contribution in [2.75, 3.05) is 0 Å². The Morgan fingerprint density at radius 1 is 0.600 bits per heavy atom. The van der Waals surface area contributed by atoms with E-state index >= 15 is 0 Å². The molecule has 0 heterocycles. The molecule has 0 saturated heterocycles. The Hall–Kier alpha value is -0.293. The standard InChI is InChI=1S/3C6H5.C3H4F3.C3H7.3ClH.3FH.2Sn/c3*1-2-4-6-5-3-1;1-2(4)3(5)6;1-3-2;;;;;;;;/h3*1-5H;2-3H,1H2;1,3H2,2H3;6*1H;;/q;;;;;;;;;;;;+3/p-3. The first kappa shape index (κ1) is 36.9. The molecule has 3 aromatic rings. The molecule has 0 aromatic heterocycles. The quantitative estimate of drug-likeness (QED) is 0.167. The molecule has 0 aliphatic carbocycles. The molecule has 3 aromatic carbocycles. The summed E-state index contributed by atoms with van der Waals surface area (Å²) in [6, 6.07) is 28.9. The molecule has 11 heteroatoms. The first-order valence-electron chi connectivity index (χ1n) is 10.4. The third-order valence-corrected chi connectivity index (χ3v) is 22.3. The average molecular weight is 775 g/mol. The van der Waals surface area contributed by atoms with Crippen LogP contribution in [0.15, 0.2) is 91.0 Å². The normalized spacial score (nSPS) is 11.7. The summed E-state index contributed by atoms with van der Waals surface area (Å²) in [5.74, 6) is 0. The summed E-state index contributed by atoms with van der Waals surface area (Å²) < 4.78 is 77.0. The summed E-state index contributed by atoms with van der Waals surface area (Å²) in [5.41, 5.74) is 0. The fourth-order valence-corrected chi connectivity index (χ4v) is 18.9. The third-order valence-electron chi connectivity index (χ3n) is 5.11. The molecule has 0 bridgehead atoms. The Kier molecular flexibility index (Phi) is 19.0. The predicted octanol–water partition coefficient (Wildman–Crippen LogP) is 7.27. The van der Waals surface area contributed by atoms with Crippen LogP contribution in [0.1, 0.15) is 13.3 Å². The topological polar surface area (TPSA) is 0 Å². The van der Waals surface area contributed by atoms with Gasteiger partial charge in [-0.2, -0.15) is 0 Å². The molecular formula is C24H29Cl3F6Sn2. The first-order chi connectivity index (χ1) is 15.2. The van der Waals surface area contributed by atoms with E-state index < -0.39 is 55.5 Å². The van der Waals surface area contributed by atoms with Gasteiger partial charge in [0, 0.05) is 0 Å². The molecule has 0 fully saturated rings. The summed E-state index contributed by atoms with van der Waals surface area (Å²) in [6.45, 7) is 1.56. The van der Waals surface area contributed by atoms with Gasteiger partial charge in [-0.1, -0.05) is 0 Å². The molecule has 35 heavy (non-hydrogen) atoms. The number of hydrogen-bond donors (Lipinski definition) is 0. The minimum absolute atomic E-state index is 0. The van der Waals surface area contributed by atoms with Gasteiger partial charge in [0.2, 0.25) is 0 Å². The number of hydrogen-bond acceptors (Lipinski definition) is 0. The van der Waals surface area contributed by atoms with E-state index in [0.29, 0.717) is 0 Å². The molecule has 0 nitrogen and oxygen atoms in total. The molecule has 0 aliphatic rings. The zero-order chi connectivity index (χ0) is 23.6. The molecule has 0 radical (unpaired) electrons. The minimum atomic E-state index is -5.78. The average Bonchev–Trinajstić information content (AvgIpc) is 2.78. The van der Waals surface area contributed by atoms with Crippen molar-refractivity contribution in [2.24, 2.45) is 0 Å². The maximum absolute atomic E-state index is 14.4. The second kappa shape index (κ2) is 18.0. The molecular weight excluding hydrogens is 746 g/mol. The van der Waals surface area contributed by atoms with Crippen molar-refractivity contribution in [3.8, 4) is 0 Å². The van der Waals surface area contributed by atoms with Crippen LogP contribution in [-0.4, -0.2) is 51.1 Å². The molecule has 0 amide bonds. The van der Waals surface area contributed by atoms with Crippen LogP contribution in [0.25, 0.3) is 0 Å². The zero-order valence-electron chi connectivity index (χ0n) is 18.9. The first-order valence-corrected chi connectivity index (χ1v) is 21.9. The van der Waals surface area contributed by atoms with Crippen LogP contribution in [0.3, 0.4) is 0 Å². The molecule has 0 N–H and O–H groups in total. The van der Waals surface area contributed by atoms with Crippen molar-refractivity contribution in [2.45, 2.75) is 34.8 Å². The fourth-order valence-electron chi connectivity index (χ4n) is 3.69. The monoisotopic (exact) mass is 776 g/mol. The molecule has 3 rings (SSSR count). The van der Waals surface area contributed by atoms with Gasteiger partial charge in [0.05, 0.1) is 0 Å². The van der Waals surface area contributed by atoms with Gasteiger partial charge in [-0.3, -0.25) is 0 Å². The van der Waals surface area contributed by atoms with Gasteiger partial charge in [0.25, 0.3) is 0 Å². The van der Waals surface area contributed by atoms with Crippen molar-refractivity contribution in [3.05, 3.63) is 91.0 Å². The summed E-state index contributed by atoms with van der Waals surface area (Å²) in [4.78, 5) is 0. The Balaban J connectivity index is 0. The van der Waals surface area contributed by atoms with Gasteiger partial charge >= 0.3 is 197 Å². The third kappa shape index (κ3) is 11.3. The van der Waals surface area contributed by atoms with Crippen molar-refractivity contribution in [1.82, 2.24) is 0 Å². The van der Waals surface area contributed by atoms with Crippen LogP contribution in [0.2, 0.25) is 8.87 Å². The zero-order valence-corrected chi connectivity index (χ0v) is 27.1. The summed E-state index contributed by atoms with van der Waals surface area (Å²) in [7, 11) is 0. The van der Waals surface area contributed by atoms with Gasteiger partial charge in [-0.25, -0.2) is 0 Å². The molecule has 0 saturated carbocycles. The molecule has 0 aliphatic heterocycles. The van der Waals surface area contributed by atoms with Gasteiger partial charge in [-0.15, -0.1) is 37.2 Å². The van der Waals surface area contributed by atoms with E-state index in [1.807, 2.05) is 91.0 Å². The Labute approximate surface area is 232 Å². The Morgan fingerprint density at radius 2 is 0.914 bits per heavy atom. The van der Waals surface area contributed by atoms with Gasteiger partial charge in [-0.05, 0) is 0 Å². The van der Waals surface area contributed by atoms with Crippen LogP contribution < -0.4 is 10.7 Å². The number of rotatable bonds is 8. The van der Waals surface area contributed by atoms with Crippen LogP contribution >= 0.6 is 37.2 Å². The second-order valence-electron chi connectivity index (χ2n) is 7.42. The van der Waals surface area contributed by atoms with Gasteiger partial charge < -0.3 is 0 Å². The summed E-state index contributed by atoms with van der Waals surface area (Å²) in [5, 5.41) is 0. The number of halogens is 9. The van der Waals surface area contributed by atoms with E-state index in [9.17, 15) is 21.8 Å². The van der Waals surface area contributed by atoms with Gasteiger partial charge in [0.1, 0.15) is 0 Å². The molecule has 1 atom stereocenters. The van der Waals surface area contributed by atoms with Gasteiger partial charge in [0.15, 0.2) is 0 Å². The number of benzene rings is 3. The van der Waals surface area contributed by atoms with Crippen LogP contribution in [0.5, 0.6) is 0 Å². The van der Waals surface area contributed by atoms with E-state index in [1.165, 1.54) is 0 Å². The Morgan fingerprint density at radius 3 is 1.11 bits per heavy atom. The summed E-state index contributed by atoms with van der Waals surface area (Å²) in [6.07, 6.45) is -4.82. The fraction of sp³-hybridized carbons (Fsp3) is 0.250. The Bertz CT molecular complexity index is 820. The SMILES string of the molecule is CC[CH2][Sn]([F])([F])[F].Cl.Cl.Cl.FC(F)C(F)[CH2][Sn]([c]1ccccc1)([c]1ccccc1)[c]1ccccc1. The van der Waals surface area contributed by atoms with E-state index in [2.05, 4.69) is 0 Å². The van der Waals surface area contributed by atoms with Crippen molar-refractivity contribution in [3.63, 3.8) is 0 Å². The summed E-state index contributed by atoms with van der Waals surface area (Å²) >= 11 is -9.67. The predicted molar refractivity (Wildman–Crippen MR) is 146 cm³/mol. The van der Waals surface area contributed by atoms with Crippen LogP contribution in [-0.2, 0) is 0 Å². The van der Waals surface area contributed by atoms with Crippen molar-refractivity contribution in [1.29, 1.82) is 0 Å². The van der Waals surface area contributed by atoms with E-state index in [1.54, 1.807) is 6.92 Å². The second-order valence-corrected chi connectivity index (χ2v) is 23.6. The van der Waals surface area contributed by atoms with Crippen molar-refractivity contribution >= 4 is 86.4 Å². The van der Waals surface area contributed by atoms with Crippen LogP contribution in [0.4, 0.5) is 21.8 Å². The maximum atomic E-state index is 14.4. The van der Waals surface area contributed by atoms with E-state index in [4.69, 9.17) is 0 Å². The molecule has 0 spiro atoms. The van der Waals surface area contributed by atoms with E-state index in [-0.39, 0.29) is 48.1 Å². The van der Waals surface area contributed by atoms with Crippen LogP contribution in [0, 0.1) is 0 Å². The molecule has 196 valence electrons. The van der Waals surface area contributed by atoms with Crippen molar-refractivity contribution < 1.29 is 21.8 Å². The van der Waals surface area contributed by atoms with E-state index in [0.717, 1.165) is 10.7 Å². The molecule has 1 unspecified atom stereocenters.